The maximum atomic E-state index is 13.0. The normalized spacial score (nSPS) is 19.6. The van der Waals surface area contributed by atoms with E-state index in [4.69, 9.17) is 0 Å². The van der Waals surface area contributed by atoms with Crippen LogP contribution >= 0.6 is 24.0 Å². The van der Waals surface area contributed by atoms with Crippen molar-refractivity contribution in [1.29, 1.82) is 0 Å². The Labute approximate surface area is 148 Å². The van der Waals surface area contributed by atoms with Gasteiger partial charge < -0.3 is 10.6 Å². The molecule has 2 aliphatic rings. The molecule has 1 saturated carbocycles. The van der Waals surface area contributed by atoms with Gasteiger partial charge in [0.25, 0.3) is 0 Å². The highest BCUT2D eigenvalue weighted by atomic mass is 127. The average molecular weight is 415 g/mol. The Morgan fingerprint density at radius 2 is 1.86 bits per heavy atom. The molecule has 0 aliphatic heterocycles. The predicted molar refractivity (Wildman–Crippen MR) is 99.4 cm³/mol. The fraction of sp³-hybridized carbons (Fsp3) is 0.471. The Morgan fingerprint density at radius 3 is 2.41 bits per heavy atom. The van der Waals surface area contributed by atoms with Gasteiger partial charge in [0.2, 0.25) is 0 Å². The molecule has 1 aromatic rings. The van der Waals surface area contributed by atoms with Crippen LogP contribution in [0.1, 0.15) is 31.2 Å². The first-order chi connectivity index (χ1) is 10.2. The minimum Gasteiger partial charge on any atom is -0.356 e. The number of aliphatic imine (C=N–C) groups is 1. The van der Waals surface area contributed by atoms with Crippen LogP contribution in [0.15, 0.2) is 41.4 Å². The molecular weight excluding hydrogens is 392 g/mol. The molecule has 22 heavy (non-hydrogen) atoms. The average Bonchev–Trinajstić information content (AvgIpc) is 3.12. The van der Waals surface area contributed by atoms with E-state index < -0.39 is 0 Å². The molecule has 0 aromatic heterocycles. The molecule has 0 unspecified atom stereocenters. The minimum absolute atomic E-state index is 0. The zero-order valence-electron chi connectivity index (χ0n) is 12.8. The summed E-state index contributed by atoms with van der Waals surface area (Å²) >= 11 is 0. The van der Waals surface area contributed by atoms with Crippen molar-refractivity contribution in [1.82, 2.24) is 10.6 Å². The van der Waals surface area contributed by atoms with Gasteiger partial charge >= 0.3 is 0 Å². The van der Waals surface area contributed by atoms with E-state index in [-0.39, 0.29) is 35.2 Å². The first-order valence-corrected chi connectivity index (χ1v) is 7.60. The van der Waals surface area contributed by atoms with E-state index in [0.717, 1.165) is 38.2 Å². The number of benzene rings is 1. The van der Waals surface area contributed by atoms with E-state index in [1.165, 1.54) is 5.56 Å². The second-order valence-corrected chi connectivity index (χ2v) is 6.00. The van der Waals surface area contributed by atoms with Crippen LogP contribution in [-0.4, -0.2) is 25.6 Å². The van der Waals surface area contributed by atoms with E-state index in [2.05, 4.69) is 27.8 Å². The molecule has 0 bridgehead atoms. The summed E-state index contributed by atoms with van der Waals surface area (Å²) in [4.78, 5) is 4.30. The van der Waals surface area contributed by atoms with Gasteiger partial charge in [0.1, 0.15) is 5.82 Å². The Kier molecular flexibility index (Phi) is 5.83. The van der Waals surface area contributed by atoms with Gasteiger partial charge in [-0.3, -0.25) is 4.99 Å². The monoisotopic (exact) mass is 415 g/mol. The molecule has 2 aliphatic carbocycles. The van der Waals surface area contributed by atoms with Crippen LogP contribution in [0.25, 0.3) is 0 Å². The van der Waals surface area contributed by atoms with E-state index in [0.29, 0.717) is 6.04 Å². The van der Waals surface area contributed by atoms with Gasteiger partial charge in [0, 0.05) is 25.0 Å². The van der Waals surface area contributed by atoms with E-state index in [1.807, 2.05) is 12.1 Å². The van der Waals surface area contributed by atoms with Gasteiger partial charge in [-0.25, -0.2) is 4.39 Å². The first-order valence-electron chi connectivity index (χ1n) is 7.60. The van der Waals surface area contributed by atoms with E-state index in [1.54, 1.807) is 19.2 Å². The second kappa shape index (κ2) is 7.44. The lowest BCUT2D eigenvalue weighted by Gasteiger charge is -2.21. The van der Waals surface area contributed by atoms with Gasteiger partial charge in [0.05, 0.1) is 0 Å². The smallest absolute Gasteiger partial charge is 0.191 e. The number of hydrogen-bond acceptors (Lipinski definition) is 1. The molecule has 0 atom stereocenters. The Hall–Kier alpha value is -1.11. The molecule has 0 saturated heterocycles. The Balaban J connectivity index is 0.00000176. The third-order valence-electron chi connectivity index (χ3n) is 4.48. The highest BCUT2D eigenvalue weighted by Crippen LogP contribution is 2.47. The molecule has 0 spiro atoms. The lowest BCUT2D eigenvalue weighted by molar-refractivity contribution is 0.601. The number of nitrogens with one attached hydrogen (secondary N) is 2. The van der Waals surface area contributed by atoms with Crippen LogP contribution < -0.4 is 10.6 Å². The summed E-state index contributed by atoms with van der Waals surface area (Å²) in [5.74, 6) is 0.686. The van der Waals surface area contributed by atoms with Crippen LogP contribution in [0.2, 0.25) is 0 Å². The number of hydrogen-bond donors (Lipinski definition) is 2. The number of guanidine groups is 1. The van der Waals surface area contributed by atoms with Crippen LogP contribution in [0.4, 0.5) is 4.39 Å². The van der Waals surface area contributed by atoms with Gasteiger partial charge in [-0.15, -0.1) is 24.0 Å². The molecule has 3 rings (SSSR count). The highest BCUT2D eigenvalue weighted by molar-refractivity contribution is 14.0. The summed E-state index contributed by atoms with van der Waals surface area (Å²) in [6.45, 7) is 0.846. The minimum atomic E-state index is -0.172. The zero-order chi connectivity index (χ0) is 14.7. The van der Waals surface area contributed by atoms with E-state index in [9.17, 15) is 4.39 Å². The van der Waals surface area contributed by atoms with Crippen molar-refractivity contribution in [2.45, 2.75) is 37.1 Å². The summed E-state index contributed by atoms with van der Waals surface area (Å²) < 4.78 is 13.0. The Morgan fingerprint density at radius 1 is 1.23 bits per heavy atom. The summed E-state index contributed by atoms with van der Waals surface area (Å²) in [5.41, 5.74) is 1.37. The maximum Gasteiger partial charge on any atom is 0.191 e. The molecule has 1 fully saturated rings. The lowest BCUT2D eigenvalue weighted by Crippen LogP contribution is -2.45. The van der Waals surface area contributed by atoms with Gasteiger partial charge in [0.15, 0.2) is 5.96 Å². The fourth-order valence-corrected chi connectivity index (χ4v) is 2.90. The van der Waals surface area contributed by atoms with Crippen LogP contribution in [0, 0.1) is 5.82 Å². The highest BCUT2D eigenvalue weighted by Gasteiger charge is 2.44. The molecule has 0 heterocycles. The molecule has 120 valence electrons. The lowest BCUT2D eigenvalue weighted by atomic mass is 9.96. The van der Waals surface area contributed by atoms with Gasteiger partial charge in [-0.1, -0.05) is 24.3 Å². The van der Waals surface area contributed by atoms with Crippen LogP contribution in [-0.2, 0) is 5.41 Å². The second-order valence-electron chi connectivity index (χ2n) is 6.00. The standard InChI is InChI=1S/C17H22FN3.HI/c1-19-16(21-15-4-2-3-5-15)20-12-17(10-11-17)13-6-8-14(18)9-7-13;/h2-3,6-9,15H,4-5,10-12H2,1H3,(H2,19,20,21);1H. The summed E-state index contributed by atoms with van der Waals surface area (Å²) in [5, 5.41) is 6.87. The van der Waals surface area contributed by atoms with Crippen molar-refractivity contribution in [3.8, 4) is 0 Å². The number of nitrogens with zero attached hydrogens (tertiary/aromatic N) is 1. The van der Waals surface area contributed by atoms with Crippen molar-refractivity contribution in [2.24, 2.45) is 4.99 Å². The predicted octanol–water partition coefficient (Wildman–Crippen LogP) is 3.36. The number of halogens is 2. The molecule has 3 nitrogen and oxygen atoms in total. The molecule has 0 radical (unpaired) electrons. The summed E-state index contributed by atoms with van der Waals surface area (Å²) in [7, 11) is 1.80. The van der Waals surface area contributed by atoms with Gasteiger partial charge in [-0.2, -0.15) is 0 Å². The summed E-state index contributed by atoms with van der Waals surface area (Å²) in [6.07, 6.45) is 8.81. The molecule has 1 aromatic carbocycles. The Bertz CT molecular complexity index is 542. The quantitative estimate of drug-likeness (QED) is 0.343. The largest absolute Gasteiger partial charge is 0.356 e. The van der Waals surface area contributed by atoms with Crippen molar-refractivity contribution in [3.63, 3.8) is 0 Å². The third-order valence-corrected chi connectivity index (χ3v) is 4.48. The van der Waals surface area contributed by atoms with Crippen LogP contribution in [0.5, 0.6) is 0 Å². The summed E-state index contributed by atoms with van der Waals surface area (Å²) in [6, 6.07) is 7.36. The molecular formula is C17H23FIN3. The van der Waals surface area contributed by atoms with Crippen molar-refractivity contribution < 1.29 is 4.39 Å². The van der Waals surface area contributed by atoms with E-state index >= 15 is 0 Å². The first kappa shape index (κ1) is 17.2. The van der Waals surface area contributed by atoms with Gasteiger partial charge in [-0.05, 0) is 43.4 Å². The topological polar surface area (TPSA) is 36.4 Å². The molecule has 5 heteroatoms. The third kappa shape index (κ3) is 4.00. The molecule has 2 N–H and O–H groups in total. The van der Waals surface area contributed by atoms with Crippen molar-refractivity contribution >= 4 is 29.9 Å². The van der Waals surface area contributed by atoms with Crippen LogP contribution in [0.3, 0.4) is 0 Å². The maximum absolute atomic E-state index is 13.0. The molecule has 0 amide bonds. The fourth-order valence-electron chi connectivity index (χ4n) is 2.90. The van der Waals surface area contributed by atoms with Crippen molar-refractivity contribution in [3.05, 3.63) is 47.8 Å². The van der Waals surface area contributed by atoms with Crippen molar-refractivity contribution in [2.75, 3.05) is 13.6 Å². The SMILES string of the molecule is CN=C(NCC1(c2ccc(F)cc2)CC1)NC1CC=CC1.I. The number of rotatable bonds is 4. The zero-order valence-corrected chi connectivity index (χ0v) is 15.1.